The van der Waals surface area contributed by atoms with Gasteiger partial charge in [0.05, 0.1) is 7.11 Å². The lowest BCUT2D eigenvalue weighted by atomic mass is 9.71. The van der Waals surface area contributed by atoms with Gasteiger partial charge in [-0.1, -0.05) is 37.1 Å². The first kappa shape index (κ1) is 11.8. The van der Waals surface area contributed by atoms with E-state index in [1.165, 1.54) is 42.6 Å². The molecule has 1 saturated carbocycles. The third-order valence-corrected chi connectivity index (χ3v) is 4.63. The molecular weight excluding hydrogens is 220 g/mol. The second kappa shape index (κ2) is 4.46. The number of allylic oxidation sites excluding steroid dienone is 2. The molecule has 1 atom stereocenters. The highest BCUT2D eigenvalue weighted by Crippen LogP contribution is 2.45. The topological polar surface area (TPSA) is 9.23 Å². The van der Waals surface area contributed by atoms with Crippen LogP contribution in [0.15, 0.2) is 36.1 Å². The van der Waals surface area contributed by atoms with Crippen molar-refractivity contribution in [3.8, 4) is 0 Å². The third kappa shape index (κ3) is 1.96. The Morgan fingerprint density at radius 3 is 2.78 bits per heavy atom. The quantitative estimate of drug-likeness (QED) is 0.768. The van der Waals surface area contributed by atoms with Crippen molar-refractivity contribution in [2.75, 3.05) is 7.11 Å². The number of hydrogen-bond acceptors (Lipinski definition) is 1. The van der Waals surface area contributed by atoms with E-state index in [0.717, 1.165) is 12.3 Å². The lowest BCUT2D eigenvalue weighted by molar-refractivity contribution is 0.212. The molecule has 1 fully saturated rings. The SMILES string of the molecule is COC1=CCc2ccccc2C1(C)CCC1CC1. The standard InChI is InChI=1S/C17H22O/c1-17(12-11-13-7-8-13)15-6-4-3-5-14(15)9-10-16(17)18-2/h3-6,10,13H,7-9,11-12H2,1-2H3. The lowest BCUT2D eigenvalue weighted by Gasteiger charge is -2.36. The predicted octanol–water partition coefficient (Wildman–Crippen LogP) is 4.22. The largest absolute Gasteiger partial charge is 0.500 e. The van der Waals surface area contributed by atoms with E-state index in [1.807, 2.05) is 7.11 Å². The lowest BCUT2D eigenvalue weighted by Crippen LogP contribution is -2.30. The summed E-state index contributed by atoms with van der Waals surface area (Å²) in [6.45, 7) is 2.35. The summed E-state index contributed by atoms with van der Waals surface area (Å²) in [6, 6.07) is 8.85. The summed E-state index contributed by atoms with van der Waals surface area (Å²) in [5, 5.41) is 0. The number of methoxy groups -OCH3 is 1. The van der Waals surface area contributed by atoms with E-state index in [0.29, 0.717) is 0 Å². The second-order valence-electron chi connectivity index (χ2n) is 5.95. The van der Waals surface area contributed by atoms with Crippen LogP contribution in [0.3, 0.4) is 0 Å². The van der Waals surface area contributed by atoms with Gasteiger partial charge in [-0.05, 0) is 49.3 Å². The molecular formula is C17H22O. The van der Waals surface area contributed by atoms with Crippen LogP contribution in [-0.4, -0.2) is 7.11 Å². The van der Waals surface area contributed by atoms with Crippen LogP contribution in [0.2, 0.25) is 0 Å². The van der Waals surface area contributed by atoms with Gasteiger partial charge in [0, 0.05) is 5.41 Å². The van der Waals surface area contributed by atoms with E-state index in [1.54, 1.807) is 0 Å². The number of rotatable bonds is 4. The van der Waals surface area contributed by atoms with E-state index in [-0.39, 0.29) is 5.41 Å². The molecule has 3 rings (SSSR count). The number of ether oxygens (including phenoxy) is 1. The van der Waals surface area contributed by atoms with Crippen LogP contribution >= 0.6 is 0 Å². The van der Waals surface area contributed by atoms with E-state index in [4.69, 9.17) is 4.74 Å². The molecule has 1 heteroatoms. The van der Waals surface area contributed by atoms with Crippen molar-refractivity contribution in [3.05, 3.63) is 47.2 Å². The van der Waals surface area contributed by atoms with Crippen molar-refractivity contribution in [2.45, 2.75) is 44.4 Å². The summed E-state index contributed by atoms with van der Waals surface area (Å²) in [5.41, 5.74) is 3.04. The van der Waals surface area contributed by atoms with Gasteiger partial charge in [0.25, 0.3) is 0 Å². The highest BCUT2D eigenvalue weighted by molar-refractivity contribution is 5.44. The summed E-state index contributed by atoms with van der Waals surface area (Å²) in [5.74, 6) is 2.15. The van der Waals surface area contributed by atoms with Crippen molar-refractivity contribution in [1.82, 2.24) is 0 Å². The van der Waals surface area contributed by atoms with Crippen LogP contribution in [0.1, 0.15) is 43.7 Å². The average Bonchev–Trinajstić information content (AvgIpc) is 3.21. The minimum absolute atomic E-state index is 0.0895. The summed E-state index contributed by atoms with van der Waals surface area (Å²) in [4.78, 5) is 0. The van der Waals surface area contributed by atoms with E-state index in [2.05, 4.69) is 37.3 Å². The number of hydrogen-bond donors (Lipinski definition) is 0. The molecule has 0 aromatic heterocycles. The van der Waals surface area contributed by atoms with Crippen LogP contribution in [0.25, 0.3) is 0 Å². The highest BCUT2D eigenvalue weighted by Gasteiger charge is 2.37. The first-order valence-corrected chi connectivity index (χ1v) is 7.07. The number of benzene rings is 1. The Morgan fingerprint density at radius 1 is 1.28 bits per heavy atom. The summed E-state index contributed by atoms with van der Waals surface area (Å²) in [6.07, 6.45) is 8.71. The Balaban J connectivity index is 1.94. The van der Waals surface area contributed by atoms with Gasteiger partial charge in [-0.15, -0.1) is 0 Å². The third-order valence-electron chi connectivity index (χ3n) is 4.63. The zero-order valence-corrected chi connectivity index (χ0v) is 11.4. The molecule has 0 N–H and O–H groups in total. The molecule has 96 valence electrons. The molecule has 1 aromatic carbocycles. The minimum Gasteiger partial charge on any atom is -0.500 e. The Bertz CT molecular complexity index is 470. The minimum atomic E-state index is 0.0895. The van der Waals surface area contributed by atoms with Crippen molar-refractivity contribution in [2.24, 2.45) is 5.92 Å². The highest BCUT2D eigenvalue weighted by atomic mass is 16.5. The van der Waals surface area contributed by atoms with Crippen LogP contribution in [0, 0.1) is 5.92 Å². The van der Waals surface area contributed by atoms with Gasteiger partial charge in [0.2, 0.25) is 0 Å². The maximum atomic E-state index is 5.68. The van der Waals surface area contributed by atoms with Gasteiger partial charge in [0.1, 0.15) is 5.76 Å². The predicted molar refractivity (Wildman–Crippen MR) is 74.5 cm³/mol. The fraction of sp³-hybridized carbons (Fsp3) is 0.529. The Labute approximate surface area is 110 Å². The molecule has 1 unspecified atom stereocenters. The van der Waals surface area contributed by atoms with Gasteiger partial charge in [0.15, 0.2) is 0 Å². The van der Waals surface area contributed by atoms with E-state index in [9.17, 15) is 0 Å². The molecule has 18 heavy (non-hydrogen) atoms. The first-order chi connectivity index (χ1) is 8.74. The van der Waals surface area contributed by atoms with E-state index < -0.39 is 0 Å². The summed E-state index contributed by atoms with van der Waals surface area (Å²) in [7, 11) is 1.81. The van der Waals surface area contributed by atoms with Crippen LogP contribution in [0.4, 0.5) is 0 Å². The van der Waals surface area contributed by atoms with Gasteiger partial charge >= 0.3 is 0 Å². The van der Waals surface area contributed by atoms with Gasteiger partial charge < -0.3 is 4.74 Å². The molecule has 1 nitrogen and oxygen atoms in total. The molecule has 2 aliphatic rings. The molecule has 0 radical (unpaired) electrons. The smallest absolute Gasteiger partial charge is 0.102 e. The maximum absolute atomic E-state index is 5.68. The number of fused-ring (bicyclic) bond motifs is 1. The van der Waals surface area contributed by atoms with Crippen molar-refractivity contribution in [1.29, 1.82) is 0 Å². The fourth-order valence-electron chi connectivity index (χ4n) is 3.26. The fourth-order valence-corrected chi connectivity index (χ4v) is 3.26. The van der Waals surface area contributed by atoms with Crippen LogP contribution < -0.4 is 0 Å². The zero-order valence-electron chi connectivity index (χ0n) is 11.4. The summed E-state index contributed by atoms with van der Waals surface area (Å²) >= 11 is 0. The van der Waals surface area contributed by atoms with E-state index >= 15 is 0 Å². The van der Waals surface area contributed by atoms with Crippen molar-refractivity contribution >= 4 is 0 Å². The van der Waals surface area contributed by atoms with Crippen molar-refractivity contribution < 1.29 is 4.74 Å². The van der Waals surface area contributed by atoms with Crippen LogP contribution in [0.5, 0.6) is 0 Å². The molecule has 0 heterocycles. The summed E-state index contributed by atoms with van der Waals surface area (Å²) < 4.78 is 5.68. The molecule has 0 spiro atoms. The van der Waals surface area contributed by atoms with Crippen LogP contribution in [-0.2, 0) is 16.6 Å². The Kier molecular flexibility index (Phi) is 2.93. The molecule has 0 aliphatic heterocycles. The first-order valence-electron chi connectivity index (χ1n) is 7.07. The normalized spacial score (nSPS) is 26.4. The zero-order chi connectivity index (χ0) is 12.6. The molecule has 2 aliphatic carbocycles. The average molecular weight is 242 g/mol. The monoisotopic (exact) mass is 242 g/mol. The Morgan fingerprint density at radius 2 is 2.06 bits per heavy atom. The van der Waals surface area contributed by atoms with Crippen molar-refractivity contribution in [3.63, 3.8) is 0 Å². The van der Waals surface area contributed by atoms with Gasteiger partial charge in [-0.3, -0.25) is 0 Å². The van der Waals surface area contributed by atoms with Gasteiger partial charge in [-0.2, -0.15) is 0 Å². The molecule has 0 amide bonds. The second-order valence-corrected chi connectivity index (χ2v) is 5.95. The molecule has 0 bridgehead atoms. The maximum Gasteiger partial charge on any atom is 0.102 e. The van der Waals surface area contributed by atoms with Gasteiger partial charge in [-0.25, -0.2) is 0 Å². The molecule has 0 saturated heterocycles. The molecule has 1 aromatic rings. The Hall–Kier alpha value is -1.24.